The number of ether oxygens (including phenoxy) is 2. The number of aliphatic hydroxyl groups excluding tert-OH is 3. The molecule has 2 rings (SSSR count). The van der Waals surface area contributed by atoms with E-state index in [1.165, 1.54) is 6.08 Å². The van der Waals surface area contributed by atoms with Crippen molar-refractivity contribution in [1.82, 2.24) is 0 Å². The highest BCUT2D eigenvalue weighted by Crippen LogP contribution is 2.42. The van der Waals surface area contributed by atoms with Gasteiger partial charge in [0.15, 0.2) is 5.79 Å². The summed E-state index contributed by atoms with van der Waals surface area (Å²) in [6.45, 7) is 3.12. The first-order valence-corrected chi connectivity index (χ1v) is 6.57. The van der Waals surface area contributed by atoms with Crippen molar-refractivity contribution in [1.29, 1.82) is 0 Å². The van der Waals surface area contributed by atoms with E-state index in [9.17, 15) is 10.2 Å². The molecule has 0 radical (unpaired) electrons. The SMILES string of the molecule is C=C[C@H](O)[C@@H]1OC2(CCCCC2)O[C@@H]1[C@H](O)CO. The van der Waals surface area contributed by atoms with Gasteiger partial charge in [0.05, 0.1) is 6.61 Å². The van der Waals surface area contributed by atoms with Crippen molar-refractivity contribution in [2.24, 2.45) is 0 Å². The van der Waals surface area contributed by atoms with Crippen LogP contribution in [0.2, 0.25) is 0 Å². The molecule has 5 heteroatoms. The highest BCUT2D eigenvalue weighted by Gasteiger charge is 2.51. The summed E-state index contributed by atoms with van der Waals surface area (Å²) < 4.78 is 11.7. The van der Waals surface area contributed by atoms with E-state index < -0.39 is 36.8 Å². The van der Waals surface area contributed by atoms with Gasteiger partial charge in [0.25, 0.3) is 0 Å². The molecule has 1 spiro atoms. The van der Waals surface area contributed by atoms with Gasteiger partial charge in [-0.15, -0.1) is 6.58 Å². The molecular formula is C13H22O5. The molecule has 0 amide bonds. The van der Waals surface area contributed by atoms with Crippen LogP contribution in [0.4, 0.5) is 0 Å². The Morgan fingerprint density at radius 3 is 2.33 bits per heavy atom. The van der Waals surface area contributed by atoms with E-state index in [0.29, 0.717) is 0 Å². The predicted molar refractivity (Wildman–Crippen MR) is 64.9 cm³/mol. The van der Waals surface area contributed by atoms with E-state index in [-0.39, 0.29) is 0 Å². The third-order valence-electron chi connectivity index (χ3n) is 3.79. The Balaban J connectivity index is 2.13. The fourth-order valence-electron chi connectivity index (χ4n) is 2.78. The molecule has 3 N–H and O–H groups in total. The third kappa shape index (κ3) is 2.60. The zero-order chi connectivity index (χ0) is 13.2. The first kappa shape index (κ1) is 14.0. The summed E-state index contributed by atoms with van der Waals surface area (Å²) in [6, 6.07) is 0. The van der Waals surface area contributed by atoms with E-state index in [1.54, 1.807) is 0 Å². The highest BCUT2D eigenvalue weighted by atomic mass is 16.8. The van der Waals surface area contributed by atoms with Crippen LogP contribution >= 0.6 is 0 Å². The van der Waals surface area contributed by atoms with Gasteiger partial charge in [-0.05, 0) is 12.8 Å². The Bertz CT molecular complexity index is 287. The van der Waals surface area contributed by atoms with Crippen molar-refractivity contribution in [2.45, 2.75) is 62.3 Å². The molecule has 2 aliphatic rings. The molecule has 0 bridgehead atoms. The maximum Gasteiger partial charge on any atom is 0.169 e. The Kier molecular flexibility index (Phi) is 4.40. The monoisotopic (exact) mass is 258 g/mol. The fraction of sp³-hybridized carbons (Fsp3) is 0.846. The number of aliphatic hydroxyl groups is 3. The van der Waals surface area contributed by atoms with Crippen LogP contribution < -0.4 is 0 Å². The Morgan fingerprint density at radius 1 is 1.17 bits per heavy atom. The zero-order valence-electron chi connectivity index (χ0n) is 10.5. The topological polar surface area (TPSA) is 79.2 Å². The quantitative estimate of drug-likeness (QED) is 0.633. The summed E-state index contributed by atoms with van der Waals surface area (Å²) in [5.74, 6) is -0.701. The maximum atomic E-state index is 9.87. The Labute approximate surface area is 107 Å². The summed E-state index contributed by atoms with van der Waals surface area (Å²) in [5.41, 5.74) is 0. The first-order chi connectivity index (χ1) is 8.62. The van der Waals surface area contributed by atoms with Crippen molar-refractivity contribution in [3.8, 4) is 0 Å². The minimum Gasteiger partial charge on any atom is -0.394 e. The van der Waals surface area contributed by atoms with E-state index in [1.807, 2.05) is 0 Å². The molecule has 0 aromatic carbocycles. The van der Waals surface area contributed by atoms with Crippen LogP contribution in [0.15, 0.2) is 12.7 Å². The highest BCUT2D eigenvalue weighted by molar-refractivity contribution is 4.99. The van der Waals surface area contributed by atoms with Crippen LogP contribution in [0.5, 0.6) is 0 Å². The molecule has 1 heterocycles. The molecule has 0 unspecified atom stereocenters. The fourth-order valence-corrected chi connectivity index (χ4v) is 2.78. The number of hydrogen-bond donors (Lipinski definition) is 3. The second-order valence-electron chi connectivity index (χ2n) is 5.11. The lowest BCUT2D eigenvalue weighted by molar-refractivity contribution is -0.204. The predicted octanol–water partition coefficient (Wildman–Crippen LogP) is 0.331. The average molecular weight is 258 g/mol. The van der Waals surface area contributed by atoms with Gasteiger partial charge in [0, 0.05) is 12.8 Å². The van der Waals surface area contributed by atoms with Crippen molar-refractivity contribution in [3.63, 3.8) is 0 Å². The first-order valence-electron chi connectivity index (χ1n) is 6.57. The minimum atomic E-state index is -1.05. The van der Waals surface area contributed by atoms with E-state index in [4.69, 9.17) is 14.6 Å². The van der Waals surface area contributed by atoms with Crippen LogP contribution in [0.25, 0.3) is 0 Å². The third-order valence-corrected chi connectivity index (χ3v) is 3.79. The zero-order valence-corrected chi connectivity index (χ0v) is 10.5. The van der Waals surface area contributed by atoms with Gasteiger partial charge < -0.3 is 24.8 Å². The van der Waals surface area contributed by atoms with Gasteiger partial charge in [-0.3, -0.25) is 0 Å². The lowest BCUT2D eigenvalue weighted by Gasteiger charge is -2.32. The van der Waals surface area contributed by atoms with Gasteiger partial charge in [-0.1, -0.05) is 12.5 Å². The van der Waals surface area contributed by atoms with Crippen LogP contribution in [0.1, 0.15) is 32.1 Å². The lowest BCUT2D eigenvalue weighted by Crippen LogP contribution is -2.43. The van der Waals surface area contributed by atoms with Crippen molar-refractivity contribution in [2.75, 3.05) is 6.61 Å². The molecule has 0 aromatic rings. The molecular weight excluding hydrogens is 236 g/mol. The average Bonchev–Trinajstić information content (AvgIpc) is 2.77. The largest absolute Gasteiger partial charge is 0.394 e. The Morgan fingerprint density at radius 2 is 1.78 bits per heavy atom. The van der Waals surface area contributed by atoms with Gasteiger partial charge in [-0.25, -0.2) is 0 Å². The van der Waals surface area contributed by atoms with Crippen molar-refractivity contribution < 1.29 is 24.8 Å². The van der Waals surface area contributed by atoms with Crippen molar-refractivity contribution in [3.05, 3.63) is 12.7 Å². The van der Waals surface area contributed by atoms with Gasteiger partial charge in [0.2, 0.25) is 0 Å². The molecule has 1 saturated heterocycles. The second-order valence-corrected chi connectivity index (χ2v) is 5.11. The molecule has 1 aliphatic heterocycles. The summed E-state index contributed by atoms with van der Waals surface area (Å²) in [7, 11) is 0. The summed E-state index contributed by atoms with van der Waals surface area (Å²) in [5, 5.41) is 28.7. The lowest BCUT2D eigenvalue weighted by atomic mass is 9.94. The van der Waals surface area contributed by atoms with E-state index >= 15 is 0 Å². The van der Waals surface area contributed by atoms with E-state index in [2.05, 4.69) is 6.58 Å². The standard InChI is InChI=1S/C13H22O5/c1-2-9(15)11-12(10(16)8-14)18-13(17-11)6-4-3-5-7-13/h2,9-12,14-16H,1,3-8H2/t9-,10+,11-,12+/m0/s1. The molecule has 4 atom stereocenters. The van der Waals surface area contributed by atoms with Crippen LogP contribution in [0, 0.1) is 0 Å². The van der Waals surface area contributed by atoms with Crippen LogP contribution in [-0.4, -0.2) is 52.1 Å². The molecule has 18 heavy (non-hydrogen) atoms. The Hall–Kier alpha value is -0.460. The van der Waals surface area contributed by atoms with E-state index in [0.717, 1.165) is 32.1 Å². The molecule has 2 fully saturated rings. The van der Waals surface area contributed by atoms with Gasteiger partial charge in [-0.2, -0.15) is 0 Å². The van der Waals surface area contributed by atoms with Gasteiger partial charge >= 0.3 is 0 Å². The van der Waals surface area contributed by atoms with Crippen LogP contribution in [-0.2, 0) is 9.47 Å². The summed E-state index contributed by atoms with van der Waals surface area (Å²) >= 11 is 0. The molecule has 1 aliphatic carbocycles. The number of hydrogen-bond acceptors (Lipinski definition) is 5. The smallest absolute Gasteiger partial charge is 0.169 e. The molecule has 1 saturated carbocycles. The van der Waals surface area contributed by atoms with Crippen LogP contribution in [0.3, 0.4) is 0 Å². The number of rotatable bonds is 4. The summed E-state index contributed by atoms with van der Waals surface area (Å²) in [6.07, 6.45) is 2.75. The van der Waals surface area contributed by atoms with Crippen molar-refractivity contribution >= 4 is 0 Å². The second kappa shape index (κ2) is 5.67. The minimum absolute atomic E-state index is 0.412. The molecule has 0 aromatic heterocycles. The maximum absolute atomic E-state index is 9.87. The summed E-state index contributed by atoms with van der Waals surface area (Å²) in [4.78, 5) is 0. The normalized spacial score (nSPS) is 34.4. The van der Waals surface area contributed by atoms with Gasteiger partial charge in [0.1, 0.15) is 24.4 Å². The molecule has 104 valence electrons. The molecule has 5 nitrogen and oxygen atoms in total.